The van der Waals surface area contributed by atoms with E-state index in [9.17, 15) is 22.8 Å². The van der Waals surface area contributed by atoms with Crippen molar-refractivity contribution in [1.29, 1.82) is 5.41 Å². The number of rotatable bonds is 22. The number of ether oxygens (including phenoxy) is 3. The minimum atomic E-state index is -4.25. The maximum atomic E-state index is 14.0. The fraction of sp³-hybridized carbons (Fsp3) is 0.556. The first-order valence-corrected chi connectivity index (χ1v) is 19.0. The Hall–Kier alpha value is -4.09. The molecule has 0 aliphatic carbocycles. The minimum Gasteiger partial charge on any atom is -0.497 e. The summed E-state index contributed by atoms with van der Waals surface area (Å²) < 4.78 is 46.1. The summed E-state index contributed by atoms with van der Waals surface area (Å²) in [5.41, 5.74) is 12.0. The van der Waals surface area contributed by atoms with Crippen molar-refractivity contribution in [2.45, 2.75) is 94.5 Å². The number of carbonyl (C=O) groups is 3. The Kier molecular flexibility index (Phi) is 16.5. The van der Waals surface area contributed by atoms with E-state index in [4.69, 9.17) is 31.1 Å². The van der Waals surface area contributed by atoms with Gasteiger partial charge in [0.05, 0.1) is 36.7 Å². The number of benzene rings is 2. The summed E-state index contributed by atoms with van der Waals surface area (Å²) in [6.45, 7) is 8.05. The van der Waals surface area contributed by atoms with Gasteiger partial charge in [0.2, 0.25) is 27.7 Å². The summed E-state index contributed by atoms with van der Waals surface area (Å²) in [6, 6.07) is 10.2. The van der Waals surface area contributed by atoms with E-state index < -0.39 is 46.2 Å². The molecule has 0 saturated carbocycles. The van der Waals surface area contributed by atoms with Crippen molar-refractivity contribution in [3.8, 4) is 5.75 Å². The molecule has 1 saturated heterocycles. The summed E-state index contributed by atoms with van der Waals surface area (Å²) in [7, 11) is -2.79. The van der Waals surface area contributed by atoms with Crippen molar-refractivity contribution in [3.05, 3.63) is 59.7 Å². The van der Waals surface area contributed by atoms with Gasteiger partial charge in [0, 0.05) is 38.3 Å². The number of carbonyl (C=O) groups excluding carboxylic acids is 3. The number of amides is 3. The van der Waals surface area contributed by atoms with Gasteiger partial charge in [0.25, 0.3) is 0 Å². The Morgan fingerprint density at radius 1 is 1.06 bits per heavy atom. The predicted octanol–water partition coefficient (Wildman–Crippen LogP) is 1.77. The molecule has 3 amide bonds. The van der Waals surface area contributed by atoms with Gasteiger partial charge in [0.15, 0.2) is 0 Å². The zero-order valence-corrected chi connectivity index (χ0v) is 31.4. The van der Waals surface area contributed by atoms with E-state index in [0.717, 1.165) is 5.56 Å². The minimum absolute atomic E-state index is 0.0639. The topological polar surface area (TPSA) is 228 Å². The number of amidine groups is 1. The van der Waals surface area contributed by atoms with E-state index in [2.05, 4.69) is 15.4 Å². The van der Waals surface area contributed by atoms with Gasteiger partial charge in [-0.15, -0.1) is 0 Å². The van der Waals surface area contributed by atoms with E-state index >= 15 is 0 Å². The van der Waals surface area contributed by atoms with Crippen LogP contribution in [0.15, 0.2) is 53.4 Å². The molecule has 1 aliphatic rings. The molecule has 52 heavy (non-hydrogen) atoms. The van der Waals surface area contributed by atoms with Crippen LogP contribution in [0.25, 0.3) is 0 Å². The molecule has 8 N–H and O–H groups in total. The standard InChI is InChI=1S/C36H55N7O8S/c1-25(50-21-17-36(2,3)51-22-18-37)7-5-19-40-32(44)23-30(42-52(47,48)29-15-13-28(49-4)14-16-29)35(46)43-20-6-8-31(43)34(45)41-24-26-9-11-27(12-10-26)33(38)39/h9-16,25,30-31,42H,5-8,17-24,37H2,1-4H3,(H3,38,39)(H,40,44)(H,41,45)/t25?,30-,31+/m1/s1. The van der Waals surface area contributed by atoms with Gasteiger partial charge in [-0.1, -0.05) is 24.3 Å². The molecule has 0 radical (unpaired) electrons. The molecule has 3 atom stereocenters. The largest absolute Gasteiger partial charge is 0.497 e. The Labute approximate surface area is 307 Å². The molecule has 288 valence electrons. The lowest BCUT2D eigenvalue weighted by atomic mass is 10.1. The molecule has 0 bridgehead atoms. The lowest BCUT2D eigenvalue weighted by molar-refractivity contribution is -0.140. The first kappa shape index (κ1) is 42.3. The maximum Gasteiger partial charge on any atom is 0.243 e. The van der Waals surface area contributed by atoms with E-state index in [1.807, 2.05) is 20.8 Å². The Balaban J connectivity index is 1.63. The molecule has 0 aromatic heterocycles. The molecule has 16 heteroatoms. The van der Waals surface area contributed by atoms with Gasteiger partial charge in [-0.3, -0.25) is 19.8 Å². The molecule has 1 fully saturated rings. The van der Waals surface area contributed by atoms with Crippen LogP contribution in [0, 0.1) is 5.41 Å². The molecule has 3 rings (SSSR count). The number of nitrogens with zero attached hydrogens (tertiary/aromatic N) is 1. The number of nitrogens with two attached hydrogens (primary N) is 2. The summed E-state index contributed by atoms with van der Waals surface area (Å²) in [4.78, 5) is 41.7. The highest BCUT2D eigenvalue weighted by molar-refractivity contribution is 7.89. The smallest absolute Gasteiger partial charge is 0.243 e. The third-order valence-electron chi connectivity index (χ3n) is 8.75. The second kappa shape index (κ2) is 20.2. The maximum absolute atomic E-state index is 14.0. The quantitative estimate of drug-likeness (QED) is 0.0582. The molecular weight excluding hydrogens is 691 g/mol. The number of sulfonamides is 1. The number of nitrogen functional groups attached to an aromatic ring is 1. The normalized spacial score (nSPS) is 15.9. The Bertz CT molecular complexity index is 1590. The molecule has 2 aromatic rings. The number of hydrogen-bond donors (Lipinski definition) is 6. The zero-order chi connectivity index (χ0) is 38.3. The molecule has 15 nitrogen and oxygen atoms in total. The Morgan fingerprint density at radius 2 is 1.75 bits per heavy atom. The highest BCUT2D eigenvalue weighted by Gasteiger charge is 2.39. The summed E-state index contributed by atoms with van der Waals surface area (Å²) in [5.74, 6) is -1.20. The van der Waals surface area contributed by atoms with Gasteiger partial charge in [0.1, 0.15) is 23.7 Å². The molecular formula is C36H55N7O8S. The number of hydrogen-bond acceptors (Lipinski definition) is 10. The van der Waals surface area contributed by atoms with Crippen LogP contribution >= 0.6 is 0 Å². The lowest BCUT2D eigenvalue weighted by Gasteiger charge is -2.28. The van der Waals surface area contributed by atoms with Crippen LogP contribution in [0.2, 0.25) is 0 Å². The van der Waals surface area contributed by atoms with Gasteiger partial charge in [-0.2, -0.15) is 4.72 Å². The Morgan fingerprint density at radius 3 is 2.38 bits per heavy atom. The van der Waals surface area contributed by atoms with Crippen molar-refractivity contribution in [2.75, 3.05) is 40.0 Å². The molecule has 1 aliphatic heterocycles. The monoisotopic (exact) mass is 745 g/mol. The zero-order valence-electron chi connectivity index (χ0n) is 30.6. The van der Waals surface area contributed by atoms with Crippen LogP contribution < -0.4 is 31.6 Å². The molecule has 2 aromatic carbocycles. The fourth-order valence-corrected chi connectivity index (χ4v) is 6.86. The highest BCUT2D eigenvalue weighted by Crippen LogP contribution is 2.22. The van der Waals surface area contributed by atoms with Gasteiger partial charge in [-0.25, -0.2) is 8.42 Å². The third-order valence-corrected chi connectivity index (χ3v) is 10.2. The number of likely N-dealkylation sites (tertiary alicyclic amines) is 1. The van der Waals surface area contributed by atoms with Crippen LogP contribution in [0.1, 0.15) is 70.4 Å². The fourth-order valence-electron chi connectivity index (χ4n) is 5.67. The van der Waals surface area contributed by atoms with Crippen molar-refractivity contribution < 1.29 is 37.0 Å². The van der Waals surface area contributed by atoms with Crippen molar-refractivity contribution >= 4 is 33.6 Å². The van der Waals surface area contributed by atoms with Gasteiger partial charge < -0.3 is 41.2 Å². The molecule has 1 heterocycles. The first-order valence-electron chi connectivity index (χ1n) is 17.6. The second-order valence-corrected chi connectivity index (χ2v) is 15.1. The van der Waals surface area contributed by atoms with E-state index in [0.29, 0.717) is 69.7 Å². The van der Waals surface area contributed by atoms with Crippen molar-refractivity contribution in [1.82, 2.24) is 20.3 Å². The summed E-state index contributed by atoms with van der Waals surface area (Å²) in [5, 5.41) is 13.2. The first-order chi connectivity index (χ1) is 24.7. The molecule has 1 unspecified atom stereocenters. The van der Waals surface area contributed by atoms with Crippen LogP contribution in [-0.2, 0) is 40.4 Å². The van der Waals surface area contributed by atoms with E-state index in [1.54, 1.807) is 24.3 Å². The lowest BCUT2D eigenvalue weighted by Crippen LogP contribution is -2.54. The second-order valence-electron chi connectivity index (χ2n) is 13.4. The van der Waals surface area contributed by atoms with Gasteiger partial charge in [-0.05, 0) is 82.7 Å². The third kappa shape index (κ3) is 13.5. The number of methoxy groups -OCH3 is 1. The SMILES string of the molecule is COc1ccc(S(=O)(=O)N[C@H](CC(=O)NCCCC(C)OCCC(C)(C)OCCN)C(=O)N2CCC[C@H]2C(=O)NCc2ccc(C(=N)N)cc2)cc1. The van der Waals surface area contributed by atoms with E-state index in [-0.39, 0.29) is 35.5 Å². The predicted molar refractivity (Wildman–Crippen MR) is 197 cm³/mol. The van der Waals surface area contributed by atoms with Crippen LogP contribution in [0.5, 0.6) is 5.75 Å². The van der Waals surface area contributed by atoms with Crippen LogP contribution in [0.4, 0.5) is 0 Å². The van der Waals surface area contributed by atoms with E-state index in [1.165, 1.54) is 36.3 Å². The van der Waals surface area contributed by atoms with Crippen molar-refractivity contribution in [2.24, 2.45) is 11.5 Å². The van der Waals surface area contributed by atoms with Gasteiger partial charge >= 0.3 is 0 Å². The summed E-state index contributed by atoms with van der Waals surface area (Å²) >= 11 is 0. The average molecular weight is 746 g/mol. The number of nitrogens with one attached hydrogen (secondary N) is 4. The summed E-state index contributed by atoms with van der Waals surface area (Å²) in [6.07, 6.45) is 2.34. The average Bonchev–Trinajstić information content (AvgIpc) is 3.61. The van der Waals surface area contributed by atoms with Crippen LogP contribution in [0.3, 0.4) is 0 Å². The molecule has 0 spiro atoms. The van der Waals surface area contributed by atoms with Crippen LogP contribution in [-0.4, -0.2) is 101 Å². The van der Waals surface area contributed by atoms with Crippen molar-refractivity contribution in [3.63, 3.8) is 0 Å². The highest BCUT2D eigenvalue weighted by atomic mass is 32.2.